The van der Waals surface area contributed by atoms with E-state index in [0.29, 0.717) is 17.9 Å². The zero-order chi connectivity index (χ0) is 21.5. The predicted molar refractivity (Wildman–Crippen MR) is 115 cm³/mol. The SMILES string of the molecule is CCC(CC)(NC(=O)c1cccc(S(=O)(=O)NCCOC)c1)c1ccc(Cl)cc1. The summed E-state index contributed by atoms with van der Waals surface area (Å²) in [5.41, 5.74) is 0.651. The minimum atomic E-state index is -3.72. The molecule has 0 saturated carbocycles. The van der Waals surface area contributed by atoms with Crippen LogP contribution in [-0.2, 0) is 20.3 Å². The van der Waals surface area contributed by atoms with E-state index in [1.54, 1.807) is 24.3 Å². The van der Waals surface area contributed by atoms with Crippen molar-refractivity contribution in [2.75, 3.05) is 20.3 Å². The Kier molecular flexibility index (Phi) is 8.22. The fraction of sp³-hybridized carbons (Fsp3) is 0.381. The molecule has 0 aromatic heterocycles. The number of sulfonamides is 1. The molecule has 0 saturated heterocycles. The molecule has 2 aromatic carbocycles. The van der Waals surface area contributed by atoms with Crippen LogP contribution in [0.2, 0.25) is 5.02 Å². The fourth-order valence-electron chi connectivity index (χ4n) is 3.13. The first-order valence-electron chi connectivity index (χ1n) is 9.45. The van der Waals surface area contributed by atoms with Gasteiger partial charge in [-0.2, -0.15) is 0 Å². The molecule has 0 fully saturated rings. The first-order valence-corrected chi connectivity index (χ1v) is 11.3. The maximum Gasteiger partial charge on any atom is 0.252 e. The Labute approximate surface area is 177 Å². The molecular weight excluding hydrogens is 412 g/mol. The number of rotatable bonds is 10. The molecule has 2 aromatic rings. The van der Waals surface area contributed by atoms with Gasteiger partial charge in [0, 0.05) is 24.2 Å². The van der Waals surface area contributed by atoms with E-state index in [0.717, 1.165) is 5.56 Å². The number of methoxy groups -OCH3 is 1. The molecule has 0 heterocycles. The zero-order valence-corrected chi connectivity index (χ0v) is 18.4. The van der Waals surface area contributed by atoms with Gasteiger partial charge in [-0.05, 0) is 48.7 Å². The van der Waals surface area contributed by atoms with E-state index in [1.807, 2.05) is 26.0 Å². The van der Waals surface area contributed by atoms with Gasteiger partial charge in [0.15, 0.2) is 0 Å². The maximum atomic E-state index is 13.0. The number of carbonyl (C=O) groups is 1. The molecule has 0 atom stereocenters. The van der Waals surface area contributed by atoms with Gasteiger partial charge in [-0.25, -0.2) is 13.1 Å². The summed E-state index contributed by atoms with van der Waals surface area (Å²) in [6, 6.07) is 13.4. The summed E-state index contributed by atoms with van der Waals surface area (Å²) >= 11 is 6.00. The van der Waals surface area contributed by atoms with Crippen molar-refractivity contribution < 1.29 is 17.9 Å². The Morgan fingerprint density at radius 1 is 1.10 bits per heavy atom. The van der Waals surface area contributed by atoms with Gasteiger partial charge in [0.25, 0.3) is 5.91 Å². The molecule has 2 rings (SSSR count). The summed E-state index contributed by atoms with van der Waals surface area (Å²) in [7, 11) is -2.23. The van der Waals surface area contributed by atoms with Crippen molar-refractivity contribution >= 4 is 27.5 Å². The van der Waals surface area contributed by atoms with E-state index in [4.69, 9.17) is 16.3 Å². The van der Waals surface area contributed by atoms with Crippen molar-refractivity contribution in [2.45, 2.75) is 37.1 Å². The van der Waals surface area contributed by atoms with Gasteiger partial charge in [0.05, 0.1) is 17.0 Å². The normalized spacial score (nSPS) is 12.0. The number of amides is 1. The minimum absolute atomic E-state index is 0.0337. The molecule has 0 aliphatic heterocycles. The molecule has 0 aliphatic carbocycles. The van der Waals surface area contributed by atoms with E-state index < -0.39 is 15.6 Å². The first-order chi connectivity index (χ1) is 13.8. The average molecular weight is 439 g/mol. The van der Waals surface area contributed by atoms with Crippen molar-refractivity contribution in [1.82, 2.24) is 10.0 Å². The van der Waals surface area contributed by atoms with E-state index in [1.165, 1.54) is 19.2 Å². The molecule has 0 aliphatic rings. The smallest absolute Gasteiger partial charge is 0.252 e. The molecular formula is C21H27ClN2O4S. The minimum Gasteiger partial charge on any atom is -0.383 e. The zero-order valence-electron chi connectivity index (χ0n) is 16.9. The summed E-state index contributed by atoms with van der Waals surface area (Å²) in [5, 5.41) is 3.72. The summed E-state index contributed by atoms with van der Waals surface area (Å²) in [5.74, 6) is -0.336. The molecule has 0 bridgehead atoms. The third-order valence-electron chi connectivity index (χ3n) is 4.96. The molecule has 1 amide bonds. The second-order valence-corrected chi connectivity index (χ2v) is 8.87. The maximum absolute atomic E-state index is 13.0. The number of hydrogen-bond acceptors (Lipinski definition) is 4. The number of halogens is 1. The van der Waals surface area contributed by atoms with E-state index in [9.17, 15) is 13.2 Å². The lowest BCUT2D eigenvalue weighted by Gasteiger charge is -2.33. The molecule has 0 radical (unpaired) electrons. The van der Waals surface area contributed by atoms with E-state index in [-0.39, 0.29) is 29.5 Å². The third kappa shape index (κ3) is 5.79. The Bertz CT molecular complexity index is 926. The largest absolute Gasteiger partial charge is 0.383 e. The van der Waals surface area contributed by atoms with Crippen molar-refractivity contribution in [3.05, 3.63) is 64.7 Å². The Morgan fingerprint density at radius 2 is 1.76 bits per heavy atom. The average Bonchev–Trinajstić information content (AvgIpc) is 2.73. The molecule has 158 valence electrons. The van der Waals surface area contributed by atoms with Crippen LogP contribution in [0.5, 0.6) is 0 Å². The lowest BCUT2D eigenvalue weighted by molar-refractivity contribution is 0.0889. The Balaban J connectivity index is 2.28. The standard InChI is InChI=1S/C21H27ClN2O4S/c1-4-21(5-2,17-9-11-18(22)12-10-17)24-20(25)16-7-6-8-19(15-16)29(26,27)23-13-14-28-3/h6-12,15,23H,4-5,13-14H2,1-3H3,(H,24,25). The Hall–Kier alpha value is -1.93. The van der Waals surface area contributed by atoms with Crippen LogP contribution in [0.1, 0.15) is 42.6 Å². The third-order valence-corrected chi connectivity index (χ3v) is 6.67. The fourth-order valence-corrected chi connectivity index (χ4v) is 4.32. The van der Waals surface area contributed by atoms with Crippen LogP contribution < -0.4 is 10.0 Å². The number of ether oxygens (including phenoxy) is 1. The second kappa shape index (κ2) is 10.2. The van der Waals surface area contributed by atoms with Crippen LogP contribution in [0.25, 0.3) is 0 Å². The number of hydrogen-bond donors (Lipinski definition) is 2. The highest BCUT2D eigenvalue weighted by molar-refractivity contribution is 7.89. The van der Waals surface area contributed by atoms with Crippen molar-refractivity contribution in [2.24, 2.45) is 0 Å². The highest BCUT2D eigenvalue weighted by Crippen LogP contribution is 2.30. The van der Waals surface area contributed by atoms with Crippen LogP contribution >= 0.6 is 11.6 Å². The molecule has 0 unspecified atom stereocenters. The predicted octanol–water partition coefficient (Wildman–Crippen LogP) is 3.71. The summed E-state index contributed by atoms with van der Waals surface area (Å²) in [6.07, 6.45) is 1.35. The van der Waals surface area contributed by atoms with Gasteiger partial charge < -0.3 is 10.1 Å². The van der Waals surface area contributed by atoms with Crippen LogP contribution in [0.3, 0.4) is 0 Å². The second-order valence-electron chi connectivity index (χ2n) is 6.67. The monoisotopic (exact) mass is 438 g/mol. The van der Waals surface area contributed by atoms with Crippen LogP contribution in [0.4, 0.5) is 0 Å². The van der Waals surface area contributed by atoms with Crippen molar-refractivity contribution in [3.63, 3.8) is 0 Å². The van der Waals surface area contributed by atoms with Gasteiger partial charge in [-0.1, -0.05) is 43.6 Å². The molecule has 2 N–H and O–H groups in total. The number of nitrogens with one attached hydrogen (secondary N) is 2. The lowest BCUT2D eigenvalue weighted by atomic mass is 9.84. The van der Waals surface area contributed by atoms with Gasteiger partial charge >= 0.3 is 0 Å². The molecule has 6 nitrogen and oxygen atoms in total. The number of benzene rings is 2. The molecule has 29 heavy (non-hydrogen) atoms. The van der Waals surface area contributed by atoms with Crippen LogP contribution in [0, 0.1) is 0 Å². The van der Waals surface area contributed by atoms with Crippen LogP contribution in [0.15, 0.2) is 53.4 Å². The molecule has 0 spiro atoms. The highest BCUT2D eigenvalue weighted by atomic mass is 35.5. The topological polar surface area (TPSA) is 84.5 Å². The van der Waals surface area contributed by atoms with E-state index in [2.05, 4.69) is 10.0 Å². The van der Waals surface area contributed by atoms with Crippen LogP contribution in [-0.4, -0.2) is 34.6 Å². The summed E-state index contributed by atoms with van der Waals surface area (Å²) in [6.45, 7) is 4.41. The lowest BCUT2D eigenvalue weighted by Crippen LogP contribution is -2.45. The van der Waals surface area contributed by atoms with Gasteiger partial charge in [0.1, 0.15) is 0 Å². The van der Waals surface area contributed by atoms with E-state index >= 15 is 0 Å². The van der Waals surface area contributed by atoms with Crippen molar-refractivity contribution in [3.8, 4) is 0 Å². The summed E-state index contributed by atoms with van der Waals surface area (Å²) in [4.78, 5) is 13.0. The van der Waals surface area contributed by atoms with Gasteiger partial charge in [0.2, 0.25) is 10.0 Å². The van der Waals surface area contributed by atoms with Gasteiger partial charge in [-0.15, -0.1) is 0 Å². The highest BCUT2D eigenvalue weighted by Gasteiger charge is 2.31. The molecule has 8 heteroatoms. The van der Waals surface area contributed by atoms with Crippen molar-refractivity contribution in [1.29, 1.82) is 0 Å². The number of carbonyl (C=O) groups excluding carboxylic acids is 1. The quantitative estimate of drug-likeness (QED) is 0.554. The first kappa shape index (κ1) is 23.3. The summed E-state index contributed by atoms with van der Waals surface area (Å²) < 4.78 is 32.2. The Morgan fingerprint density at radius 3 is 2.34 bits per heavy atom. The van der Waals surface area contributed by atoms with Gasteiger partial charge in [-0.3, -0.25) is 4.79 Å².